The van der Waals surface area contributed by atoms with E-state index in [4.69, 9.17) is 4.42 Å². The van der Waals surface area contributed by atoms with Gasteiger partial charge in [0.15, 0.2) is 16.3 Å². The van der Waals surface area contributed by atoms with Crippen molar-refractivity contribution in [3.63, 3.8) is 0 Å². The van der Waals surface area contributed by atoms with E-state index in [-0.39, 0.29) is 5.76 Å². The molecule has 5 nitrogen and oxygen atoms in total. The van der Waals surface area contributed by atoms with Crippen LogP contribution < -0.4 is 0 Å². The minimum absolute atomic E-state index is 0.131. The van der Waals surface area contributed by atoms with Gasteiger partial charge in [-0.1, -0.05) is 0 Å². The highest BCUT2D eigenvalue weighted by Gasteiger charge is 2.31. The van der Waals surface area contributed by atoms with Gasteiger partial charge in [0.25, 0.3) is 0 Å². The Morgan fingerprint density at radius 1 is 1.18 bits per heavy atom. The summed E-state index contributed by atoms with van der Waals surface area (Å²) in [5, 5.41) is 0. The summed E-state index contributed by atoms with van der Waals surface area (Å²) in [7, 11) is -9.40. The van der Waals surface area contributed by atoms with Gasteiger partial charge in [-0.05, 0) is 12.1 Å². The summed E-state index contributed by atoms with van der Waals surface area (Å²) in [6.45, 7) is 0. The van der Waals surface area contributed by atoms with Crippen LogP contribution in [0, 0.1) is 0 Å². The minimum Gasteiger partial charge on any atom is -0.465 e. The third-order valence-electron chi connectivity index (χ3n) is 1.70. The summed E-state index contributed by atoms with van der Waals surface area (Å²) < 4.78 is 72.7. The van der Waals surface area contributed by atoms with E-state index < -0.39 is 35.9 Å². The first-order chi connectivity index (χ1) is 7.83. The van der Waals surface area contributed by atoms with Gasteiger partial charge in [-0.25, -0.2) is 25.6 Å². The lowest BCUT2D eigenvalue weighted by atomic mass is 10.4. The van der Waals surface area contributed by atoms with Crippen LogP contribution in [-0.2, 0) is 19.7 Å². The van der Waals surface area contributed by atoms with Gasteiger partial charge in [-0.2, -0.15) is 0 Å². The van der Waals surface area contributed by atoms with Crippen molar-refractivity contribution in [3.8, 4) is 0 Å². The van der Waals surface area contributed by atoms with Crippen molar-refractivity contribution in [1.29, 1.82) is 0 Å². The van der Waals surface area contributed by atoms with Gasteiger partial charge >= 0.3 is 0 Å². The first-order valence-corrected chi connectivity index (χ1v) is 7.46. The number of alkyl halides is 2. The van der Waals surface area contributed by atoms with Crippen LogP contribution in [0.25, 0.3) is 6.08 Å². The zero-order valence-electron chi connectivity index (χ0n) is 8.34. The van der Waals surface area contributed by atoms with Crippen molar-refractivity contribution in [2.45, 2.75) is 0 Å². The minimum atomic E-state index is -4.70. The third-order valence-corrected chi connectivity index (χ3v) is 5.26. The highest BCUT2D eigenvalue weighted by molar-refractivity contribution is 8.14. The monoisotopic (exact) mass is 286 g/mol. The Kier molecular flexibility index (Phi) is 4.04. The highest BCUT2D eigenvalue weighted by Crippen LogP contribution is 2.21. The van der Waals surface area contributed by atoms with Crippen LogP contribution in [0.3, 0.4) is 0 Å². The van der Waals surface area contributed by atoms with E-state index in [2.05, 4.69) is 0 Å². The Bertz CT molecular complexity index is 562. The molecule has 0 aliphatic carbocycles. The molecule has 0 radical (unpaired) electrons. The fourth-order valence-corrected chi connectivity index (χ4v) is 3.59. The van der Waals surface area contributed by atoms with Gasteiger partial charge in [0, 0.05) is 6.08 Å². The maximum atomic E-state index is 12.3. The molecule has 0 amide bonds. The second-order valence-corrected chi connectivity index (χ2v) is 6.96. The van der Waals surface area contributed by atoms with E-state index in [0.29, 0.717) is 6.08 Å². The van der Waals surface area contributed by atoms with Crippen LogP contribution in [-0.4, -0.2) is 28.8 Å². The molecule has 0 N–H and O–H groups in total. The largest absolute Gasteiger partial charge is 0.465 e. The van der Waals surface area contributed by atoms with Crippen LogP contribution in [0.5, 0.6) is 0 Å². The van der Waals surface area contributed by atoms with Crippen molar-refractivity contribution in [1.82, 2.24) is 0 Å². The fraction of sp³-hybridized carbons (Fsp3) is 0.250. The first kappa shape index (κ1) is 13.8. The Hall–Kier alpha value is -1.22. The lowest BCUT2D eigenvalue weighted by Gasteiger charge is -2.03. The molecular formula is C8H8F2O5S2. The van der Waals surface area contributed by atoms with E-state index in [0.717, 1.165) is 6.26 Å². The molecule has 0 bridgehead atoms. The van der Waals surface area contributed by atoms with Crippen molar-refractivity contribution in [2.75, 3.05) is 12.0 Å². The van der Waals surface area contributed by atoms with Crippen LogP contribution in [0.15, 0.2) is 27.1 Å². The predicted molar refractivity (Wildman–Crippen MR) is 56.5 cm³/mol. The van der Waals surface area contributed by atoms with E-state index >= 15 is 0 Å². The average Bonchev–Trinajstić information content (AvgIpc) is 2.78. The van der Waals surface area contributed by atoms with E-state index in [1.54, 1.807) is 0 Å². The number of hydrogen-bond donors (Lipinski definition) is 0. The second-order valence-electron chi connectivity index (χ2n) is 2.93. The standard InChI is InChI=1S/C8H8F2O5S2/c9-5-16(11,12)8(17(13,14)6-10)4-7-2-1-3-15-7/h1-4H,5-6H2. The van der Waals surface area contributed by atoms with Crippen LogP contribution in [0.4, 0.5) is 8.78 Å². The predicted octanol–water partition coefficient (Wildman–Crippen LogP) is 1.26. The van der Waals surface area contributed by atoms with Gasteiger partial charge in [-0.3, -0.25) is 0 Å². The molecule has 9 heteroatoms. The van der Waals surface area contributed by atoms with Crippen LogP contribution in [0.2, 0.25) is 0 Å². The lowest BCUT2D eigenvalue weighted by molar-refractivity contribution is 0.531. The van der Waals surface area contributed by atoms with E-state index in [9.17, 15) is 25.6 Å². The molecule has 1 rings (SSSR count). The molecule has 96 valence electrons. The van der Waals surface area contributed by atoms with Gasteiger partial charge in [-0.15, -0.1) is 0 Å². The molecule has 0 fully saturated rings. The summed E-state index contributed by atoms with van der Waals surface area (Å²) in [6.07, 6.45) is 1.73. The molecule has 0 atom stereocenters. The number of furan rings is 1. The average molecular weight is 286 g/mol. The van der Waals surface area contributed by atoms with Crippen molar-refractivity contribution >= 4 is 25.8 Å². The molecule has 1 aromatic rings. The summed E-state index contributed by atoms with van der Waals surface area (Å²) in [5.41, 5.74) is 0. The maximum absolute atomic E-state index is 12.3. The number of sulfone groups is 2. The molecule has 17 heavy (non-hydrogen) atoms. The SMILES string of the molecule is O=S(=O)(CF)C(=Cc1ccco1)S(=O)(=O)CF. The Morgan fingerprint density at radius 3 is 2.06 bits per heavy atom. The summed E-state index contributed by atoms with van der Waals surface area (Å²) in [5.74, 6) is -0.131. The molecule has 0 aromatic carbocycles. The second kappa shape index (κ2) is 4.96. The summed E-state index contributed by atoms with van der Waals surface area (Å²) in [6, 6.07) is -1.24. The van der Waals surface area contributed by atoms with Gasteiger partial charge in [0.2, 0.25) is 19.7 Å². The molecule has 1 heterocycles. The molecular weight excluding hydrogens is 278 g/mol. The molecule has 1 aromatic heterocycles. The highest BCUT2D eigenvalue weighted by atomic mass is 32.3. The number of hydrogen-bond acceptors (Lipinski definition) is 5. The smallest absolute Gasteiger partial charge is 0.218 e. The van der Waals surface area contributed by atoms with Crippen LogP contribution >= 0.6 is 0 Å². The third kappa shape index (κ3) is 3.13. The zero-order chi connectivity index (χ0) is 13.1. The Labute approximate surface area is 96.6 Å². The molecule has 0 saturated heterocycles. The Balaban J connectivity index is 3.43. The van der Waals surface area contributed by atoms with E-state index in [1.807, 2.05) is 0 Å². The molecule has 0 saturated carbocycles. The van der Waals surface area contributed by atoms with Crippen molar-refractivity contribution in [3.05, 3.63) is 28.4 Å². The number of halogens is 2. The summed E-state index contributed by atoms with van der Waals surface area (Å²) in [4.78, 5) is 0. The Morgan fingerprint density at radius 2 is 1.71 bits per heavy atom. The molecule has 0 spiro atoms. The van der Waals surface area contributed by atoms with Gasteiger partial charge in [0.05, 0.1) is 6.26 Å². The lowest BCUT2D eigenvalue weighted by Crippen LogP contribution is -2.16. The number of rotatable bonds is 5. The van der Waals surface area contributed by atoms with Crippen LogP contribution in [0.1, 0.15) is 5.76 Å². The topological polar surface area (TPSA) is 81.4 Å². The molecule has 0 aliphatic rings. The van der Waals surface area contributed by atoms with Crippen molar-refractivity contribution < 1.29 is 30.0 Å². The zero-order valence-corrected chi connectivity index (χ0v) is 9.97. The van der Waals surface area contributed by atoms with Gasteiger partial charge < -0.3 is 4.42 Å². The van der Waals surface area contributed by atoms with Gasteiger partial charge in [0.1, 0.15) is 5.76 Å². The fourth-order valence-electron chi connectivity index (χ4n) is 0.970. The van der Waals surface area contributed by atoms with E-state index in [1.165, 1.54) is 12.1 Å². The normalized spacial score (nSPS) is 12.4. The quantitative estimate of drug-likeness (QED) is 0.814. The maximum Gasteiger partial charge on any atom is 0.218 e. The molecule has 0 unspecified atom stereocenters. The van der Waals surface area contributed by atoms with Crippen molar-refractivity contribution in [2.24, 2.45) is 0 Å². The summed E-state index contributed by atoms with van der Waals surface area (Å²) >= 11 is 0. The first-order valence-electron chi connectivity index (χ1n) is 4.16. The molecule has 0 aliphatic heterocycles.